The van der Waals surface area contributed by atoms with Crippen LogP contribution in [0.2, 0.25) is 0 Å². The molecule has 1 aromatic rings. The molecule has 0 saturated carbocycles. The predicted molar refractivity (Wildman–Crippen MR) is 51.9 cm³/mol. The molecule has 1 saturated heterocycles. The summed E-state index contributed by atoms with van der Waals surface area (Å²) in [7, 11) is 0. The van der Waals surface area contributed by atoms with Crippen LogP contribution < -0.4 is 5.73 Å². The second kappa shape index (κ2) is 4.04. The molecular weight excluding hydrogens is 214 g/mol. The zero-order valence-corrected chi connectivity index (χ0v) is 8.39. The van der Waals surface area contributed by atoms with Gasteiger partial charge in [0.1, 0.15) is 18.3 Å². The lowest BCUT2D eigenvalue weighted by Crippen LogP contribution is -2.49. The summed E-state index contributed by atoms with van der Waals surface area (Å²) in [5, 5.41) is 28.3. The fourth-order valence-corrected chi connectivity index (χ4v) is 1.68. The largest absolute Gasteiger partial charge is 0.394 e. The smallest absolute Gasteiger partial charge is 0.206 e. The third kappa shape index (κ3) is 1.58. The third-order valence-electron chi connectivity index (χ3n) is 2.59. The third-order valence-corrected chi connectivity index (χ3v) is 2.59. The zero-order chi connectivity index (χ0) is 11.8. The number of aromatic nitrogens is 2. The number of aliphatic hydroxyl groups is 3. The number of ether oxygens (including phenoxy) is 1. The molecule has 7 heteroatoms. The van der Waals surface area contributed by atoms with Crippen LogP contribution in [0.3, 0.4) is 0 Å². The van der Waals surface area contributed by atoms with E-state index in [2.05, 4.69) is 9.97 Å². The van der Waals surface area contributed by atoms with E-state index in [0.717, 1.165) is 0 Å². The maximum atomic E-state index is 9.78. The second-order valence-corrected chi connectivity index (χ2v) is 3.64. The van der Waals surface area contributed by atoms with Crippen LogP contribution in [0.25, 0.3) is 0 Å². The lowest BCUT2D eigenvalue weighted by atomic mass is 10.0. The standard InChI is InChI=1S/C9H13N3O4/c10-9(8-11-2-1-3-12-8)7(15)6(14)5(4-13)16-9/h1-3,5-7,13-15H,4,10H2/t5-,6-,7-,9?/m1/s1. The molecule has 1 aliphatic heterocycles. The summed E-state index contributed by atoms with van der Waals surface area (Å²) in [5.41, 5.74) is 4.13. The van der Waals surface area contributed by atoms with Crippen molar-refractivity contribution in [3.05, 3.63) is 24.3 Å². The molecule has 4 atom stereocenters. The molecule has 1 unspecified atom stereocenters. The molecule has 16 heavy (non-hydrogen) atoms. The van der Waals surface area contributed by atoms with E-state index in [1.165, 1.54) is 12.4 Å². The minimum atomic E-state index is -1.69. The minimum Gasteiger partial charge on any atom is -0.394 e. The number of nitrogens with two attached hydrogens (primary N) is 1. The molecule has 0 bridgehead atoms. The molecule has 2 rings (SSSR count). The van der Waals surface area contributed by atoms with Crippen molar-refractivity contribution in [2.75, 3.05) is 6.61 Å². The summed E-state index contributed by atoms with van der Waals surface area (Å²) < 4.78 is 5.21. The predicted octanol–water partition coefficient (Wildman–Crippen LogP) is -2.30. The van der Waals surface area contributed by atoms with Crippen LogP contribution in [0, 0.1) is 0 Å². The molecule has 0 aliphatic carbocycles. The van der Waals surface area contributed by atoms with Crippen LogP contribution >= 0.6 is 0 Å². The Hall–Kier alpha value is -1.12. The van der Waals surface area contributed by atoms with Crippen LogP contribution in [-0.4, -0.2) is 50.2 Å². The van der Waals surface area contributed by atoms with E-state index >= 15 is 0 Å². The Bertz CT molecular complexity index is 363. The Balaban J connectivity index is 2.33. The van der Waals surface area contributed by atoms with Crippen molar-refractivity contribution in [3.8, 4) is 0 Å². The Kier molecular flexibility index (Phi) is 2.87. The highest BCUT2D eigenvalue weighted by atomic mass is 16.6. The molecule has 1 fully saturated rings. The van der Waals surface area contributed by atoms with Gasteiger partial charge in [-0.25, -0.2) is 9.97 Å². The number of hydrogen-bond donors (Lipinski definition) is 4. The van der Waals surface area contributed by atoms with Gasteiger partial charge >= 0.3 is 0 Å². The first-order valence-corrected chi connectivity index (χ1v) is 4.80. The SMILES string of the molecule is NC1(c2ncccn2)O[C@H](CO)[C@@H](O)[C@H]1O. The topological polar surface area (TPSA) is 122 Å². The highest BCUT2D eigenvalue weighted by Crippen LogP contribution is 2.33. The summed E-state index contributed by atoms with van der Waals surface area (Å²) >= 11 is 0. The van der Waals surface area contributed by atoms with Gasteiger partial charge in [0.25, 0.3) is 0 Å². The van der Waals surface area contributed by atoms with Crippen molar-refractivity contribution in [2.45, 2.75) is 24.0 Å². The van der Waals surface area contributed by atoms with E-state index in [4.69, 9.17) is 15.6 Å². The summed E-state index contributed by atoms with van der Waals surface area (Å²) in [4.78, 5) is 7.74. The van der Waals surface area contributed by atoms with Crippen molar-refractivity contribution in [1.82, 2.24) is 9.97 Å². The molecule has 5 N–H and O–H groups in total. The van der Waals surface area contributed by atoms with Gasteiger partial charge in [-0.05, 0) is 6.07 Å². The molecule has 1 aliphatic rings. The first-order chi connectivity index (χ1) is 7.59. The van der Waals surface area contributed by atoms with Crippen LogP contribution in [0.15, 0.2) is 18.5 Å². The average Bonchev–Trinajstić information content (AvgIpc) is 2.56. The van der Waals surface area contributed by atoms with E-state index in [9.17, 15) is 10.2 Å². The molecule has 0 radical (unpaired) electrons. The fourth-order valence-electron chi connectivity index (χ4n) is 1.68. The van der Waals surface area contributed by atoms with Gasteiger partial charge in [-0.2, -0.15) is 0 Å². The van der Waals surface area contributed by atoms with Gasteiger partial charge in [-0.3, -0.25) is 5.73 Å². The second-order valence-electron chi connectivity index (χ2n) is 3.64. The van der Waals surface area contributed by atoms with Crippen LogP contribution in [0.1, 0.15) is 5.82 Å². The Morgan fingerprint density at radius 2 is 2.00 bits per heavy atom. The van der Waals surface area contributed by atoms with E-state index in [0.29, 0.717) is 0 Å². The average molecular weight is 227 g/mol. The molecular formula is C9H13N3O4. The maximum Gasteiger partial charge on any atom is 0.206 e. The van der Waals surface area contributed by atoms with Crippen LogP contribution in [0.4, 0.5) is 0 Å². The summed E-state index contributed by atoms with van der Waals surface area (Å²) in [6.45, 7) is -0.440. The molecule has 1 aromatic heterocycles. The molecule has 0 amide bonds. The van der Waals surface area contributed by atoms with Crippen molar-refractivity contribution < 1.29 is 20.1 Å². The maximum absolute atomic E-state index is 9.78. The number of rotatable bonds is 2. The molecule has 88 valence electrons. The summed E-state index contributed by atoms with van der Waals surface area (Å²) in [5.74, 6) is 0.0671. The van der Waals surface area contributed by atoms with Gasteiger partial charge in [0.2, 0.25) is 5.72 Å². The Labute approximate surface area is 91.5 Å². The van der Waals surface area contributed by atoms with Gasteiger partial charge in [-0.1, -0.05) is 0 Å². The van der Waals surface area contributed by atoms with Gasteiger partial charge in [-0.15, -0.1) is 0 Å². The monoisotopic (exact) mass is 227 g/mol. The highest BCUT2D eigenvalue weighted by molar-refractivity contribution is 5.10. The van der Waals surface area contributed by atoms with Crippen molar-refractivity contribution >= 4 is 0 Å². The molecule has 7 nitrogen and oxygen atoms in total. The molecule has 0 spiro atoms. The summed E-state index contributed by atoms with van der Waals surface area (Å²) in [6.07, 6.45) is -0.688. The minimum absolute atomic E-state index is 0.0671. The number of hydrogen-bond acceptors (Lipinski definition) is 7. The van der Waals surface area contributed by atoms with Crippen molar-refractivity contribution in [1.29, 1.82) is 0 Å². The Morgan fingerprint density at radius 1 is 1.38 bits per heavy atom. The highest BCUT2D eigenvalue weighted by Gasteiger charge is 2.54. The van der Waals surface area contributed by atoms with Crippen LogP contribution in [-0.2, 0) is 10.5 Å². The van der Waals surface area contributed by atoms with Crippen LogP contribution in [0.5, 0.6) is 0 Å². The Morgan fingerprint density at radius 3 is 2.50 bits per heavy atom. The molecule has 2 heterocycles. The van der Waals surface area contributed by atoms with E-state index in [-0.39, 0.29) is 5.82 Å². The fraction of sp³-hybridized carbons (Fsp3) is 0.556. The summed E-state index contributed by atoms with van der Waals surface area (Å²) in [6, 6.07) is 1.59. The van der Waals surface area contributed by atoms with Crippen molar-refractivity contribution in [2.24, 2.45) is 5.73 Å². The zero-order valence-electron chi connectivity index (χ0n) is 8.39. The van der Waals surface area contributed by atoms with E-state index in [1.54, 1.807) is 6.07 Å². The lowest BCUT2D eigenvalue weighted by molar-refractivity contribution is -0.0994. The lowest BCUT2D eigenvalue weighted by Gasteiger charge is -2.25. The van der Waals surface area contributed by atoms with Gasteiger partial charge in [0.05, 0.1) is 6.61 Å². The normalized spacial score (nSPS) is 38.9. The number of nitrogens with zero attached hydrogens (tertiary/aromatic N) is 2. The first kappa shape index (κ1) is 11.4. The van der Waals surface area contributed by atoms with Gasteiger partial charge < -0.3 is 20.1 Å². The first-order valence-electron chi connectivity index (χ1n) is 4.80. The van der Waals surface area contributed by atoms with Gasteiger partial charge in [0.15, 0.2) is 5.82 Å². The quantitative estimate of drug-likeness (QED) is 0.448. The van der Waals surface area contributed by atoms with Gasteiger partial charge in [0, 0.05) is 12.4 Å². The van der Waals surface area contributed by atoms with E-state index < -0.39 is 30.6 Å². The van der Waals surface area contributed by atoms with E-state index in [1.807, 2.05) is 0 Å². The number of aliphatic hydroxyl groups excluding tert-OH is 3. The molecule has 0 aromatic carbocycles. The van der Waals surface area contributed by atoms with Crippen molar-refractivity contribution in [3.63, 3.8) is 0 Å².